The molecule has 0 spiro atoms. The Kier molecular flexibility index (Phi) is 8.73. The molecular formula is C20H29BrN2O4. The number of carboxylic acids is 2. The minimum atomic E-state index is -1.82. The summed E-state index contributed by atoms with van der Waals surface area (Å²) in [6.07, 6.45) is 5.74. The lowest BCUT2D eigenvalue weighted by molar-refractivity contribution is -0.159. The first-order chi connectivity index (χ1) is 12.9. The largest absolute Gasteiger partial charge is 0.473 e. The second-order valence-corrected chi connectivity index (χ2v) is 8.29. The van der Waals surface area contributed by atoms with Crippen LogP contribution in [0.3, 0.4) is 0 Å². The maximum Gasteiger partial charge on any atom is 0.414 e. The third-order valence-corrected chi connectivity index (χ3v) is 5.97. The molecule has 1 aliphatic carbocycles. The van der Waals surface area contributed by atoms with Gasteiger partial charge in [0.25, 0.3) is 0 Å². The Morgan fingerprint density at radius 1 is 1.00 bits per heavy atom. The van der Waals surface area contributed by atoms with Crippen molar-refractivity contribution in [3.63, 3.8) is 0 Å². The SMILES string of the molecule is CC1CCCCC1N1CCN(Cc2ccc(Br)cc2)CC1.O=C(O)C(=O)O. The second kappa shape index (κ2) is 10.8. The number of aliphatic carboxylic acids is 2. The van der Waals surface area contributed by atoms with Crippen LogP contribution in [0, 0.1) is 5.92 Å². The van der Waals surface area contributed by atoms with Crippen LogP contribution in [0.25, 0.3) is 0 Å². The number of hydrogen-bond donors (Lipinski definition) is 2. The van der Waals surface area contributed by atoms with Crippen molar-refractivity contribution in [2.75, 3.05) is 26.2 Å². The van der Waals surface area contributed by atoms with E-state index >= 15 is 0 Å². The predicted octanol–water partition coefficient (Wildman–Crippen LogP) is 3.30. The van der Waals surface area contributed by atoms with E-state index in [1.807, 2.05) is 0 Å². The van der Waals surface area contributed by atoms with Gasteiger partial charge >= 0.3 is 11.9 Å². The van der Waals surface area contributed by atoms with E-state index in [0.717, 1.165) is 18.5 Å². The van der Waals surface area contributed by atoms with Gasteiger partial charge in [0.05, 0.1) is 0 Å². The summed E-state index contributed by atoms with van der Waals surface area (Å²) in [5.74, 6) is -2.75. The van der Waals surface area contributed by atoms with Crippen molar-refractivity contribution in [2.45, 2.75) is 45.2 Å². The monoisotopic (exact) mass is 440 g/mol. The zero-order valence-electron chi connectivity index (χ0n) is 15.8. The molecule has 0 bridgehead atoms. The number of hydrogen-bond acceptors (Lipinski definition) is 4. The normalized spacial score (nSPS) is 23.9. The molecule has 2 aliphatic rings. The number of carbonyl (C=O) groups is 2. The number of benzene rings is 1. The zero-order chi connectivity index (χ0) is 19.8. The molecule has 0 aromatic heterocycles. The highest BCUT2D eigenvalue weighted by Gasteiger charge is 2.29. The zero-order valence-corrected chi connectivity index (χ0v) is 17.4. The molecule has 0 radical (unpaired) electrons. The Morgan fingerprint density at radius 3 is 2.07 bits per heavy atom. The summed E-state index contributed by atoms with van der Waals surface area (Å²) in [5, 5.41) is 14.8. The third-order valence-electron chi connectivity index (χ3n) is 5.44. The molecule has 1 aromatic rings. The van der Waals surface area contributed by atoms with Crippen molar-refractivity contribution >= 4 is 27.9 Å². The van der Waals surface area contributed by atoms with Crippen molar-refractivity contribution < 1.29 is 19.8 Å². The summed E-state index contributed by atoms with van der Waals surface area (Å²) in [6.45, 7) is 8.51. The molecule has 27 heavy (non-hydrogen) atoms. The van der Waals surface area contributed by atoms with Crippen LogP contribution in [0.4, 0.5) is 0 Å². The minimum absolute atomic E-state index is 0.855. The van der Waals surface area contributed by atoms with Crippen molar-refractivity contribution in [1.29, 1.82) is 0 Å². The van der Waals surface area contributed by atoms with E-state index < -0.39 is 11.9 Å². The smallest absolute Gasteiger partial charge is 0.414 e. The molecule has 2 N–H and O–H groups in total. The minimum Gasteiger partial charge on any atom is -0.473 e. The molecule has 2 atom stereocenters. The predicted molar refractivity (Wildman–Crippen MR) is 108 cm³/mol. The number of halogens is 1. The summed E-state index contributed by atoms with van der Waals surface area (Å²) in [4.78, 5) is 23.6. The van der Waals surface area contributed by atoms with Crippen molar-refractivity contribution in [3.8, 4) is 0 Å². The van der Waals surface area contributed by atoms with Gasteiger partial charge in [0.1, 0.15) is 0 Å². The van der Waals surface area contributed by atoms with E-state index in [1.54, 1.807) is 0 Å². The Balaban J connectivity index is 0.000000380. The molecular weight excluding hydrogens is 412 g/mol. The Morgan fingerprint density at radius 2 is 1.56 bits per heavy atom. The quantitative estimate of drug-likeness (QED) is 0.701. The van der Waals surface area contributed by atoms with E-state index in [2.05, 4.69) is 56.9 Å². The van der Waals surface area contributed by atoms with Crippen LogP contribution in [-0.2, 0) is 16.1 Å². The van der Waals surface area contributed by atoms with Crippen molar-refractivity contribution in [3.05, 3.63) is 34.3 Å². The Labute approximate surface area is 169 Å². The van der Waals surface area contributed by atoms with Gasteiger partial charge in [-0.2, -0.15) is 0 Å². The number of rotatable bonds is 3. The third kappa shape index (κ3) is 7.24. The lowest BCUT2D eigenvalue weighted by Gasteiger charge is -2.43. The maximum absolute atomic E-state index is 9.10. The highest BCUT2D eigenvalue weighted by Crippen LogP contribution is 2.28. The molecule has 7 heteroatoms. The van der Waals surface area contributed by atoms with Gasteiger partial charge in [-0.3, -0.25) is 9.80 Å². The van der Waals surface area contributed by atoms with Gasteiger partial charge in [-0.05, 0) is 36.5 Å². The van der Waals surface area contributed by atoms with Gasteiger partial charge in [0.15, 0.2) is 0 Å². The fourth-order valence-electron chi connectivity index (χ4n) is 3.94. The average molecular weight is 441 g/mol. The Bertz CT molecular complexity index is 603. The molecule has 2 fully saturated rings. The van der Waals surface area contributed by atoms with Crippen LogP contribution in [0.2, 0.25) is 0 Å². The summed E-state index contributed by atoms with van der Waals surface area (Å²) in [6, 6.07) is 9.62. The highest BCUT2D eigenvalue weighted by molar-refractivity contribution is 9.10. The second-order valence-electron chi connectivity index (χ2n) is 7.38. The molecule has 3 rings (SSSR count). The van der Waals surface area contributed by atoms with Crippen LogP contribution in [-0.4, -0.2) is 64.2 Å². The molecule has 0 amide bonds. The summed E-state index contributed by atoms with van der Waals surface area (Å²) < 4.78 is 1.17. The molecule has 1 saturated carbocycles. The molecule has 6 nitrogen and oxygen atoms in total. The first-order valence-electron chi connectivity index (χ1n) is 9.54. The van der Waals surface area contributed by atoms with Gasteiger partial charge in [-0.1, -0.05) is 47.8 Å². The van der Waals surface area contributed by atoms with Gasteiger partial charge in [-0.25, -0.2) is 9.59 Å². The van der Waals surface area contributed by atoms with Crippen LogP contribution in [0.15, 0.2) is 28.7 Å². The first kappa shape index (κ1) is 21.9. The standard InChI is InChI=1S/C18H27BrN2.C2H2O4/c1-15-4-2-3-5-18(15)21-12-10-20(11-13-21)14-16-6-8-17(19)9-7-16;3-1(4)2(5)6/h6-9,15,18H,2-5,10-14H2,1H3;(H,3,4)(H,5,6). The van der Waals surface area contributed by atoms with Crippen LogP contribution < -0.4 is 0 Å². The first-order valence-corrected chi connectivity index (χ1v) is 10.3. The molecule has 1 aromatic carbocycles. The summed E-state index contributed by atoms with van der Waals surface area (Å²) in [7, 11) is 0. The van der Waals surface area contributed by atoms with Crippen LogP contribution in [0.1, 0.15) is 38.2 Å². The summed E-state index contributed by atoms with van der Waals surface area (Å²) >= 11 is 3.51. The Hall–Kier alpha value is -1.44. The average Bonchev–Trinajstić information content (AvgIpc) is 2.65. The summed E-state index contributed by atoms with van der Waals surface area (Å²) in [5.41, 5.74) is 1.43. The lowest BCUT2D eigenvalue weighted by atomic mass is 9.84. The molecule has 1 aliphatic heterocycles. The van der Waals surface area contributed by atoms with Gasteiger partial charge in [-0.15, -0.1) is 0 Å². The fraction of sp³-hybridized carbons (Fsp3) is 0.600. The molecule has 150 valence electrons. The highest BCUT2D eigenvalue weighted by atomic mass is 79.9. The van der Waals surface area contributed by atoms with Crippen LogP contribution >= 0.6 is 15.9 Å². The van der Waals surface area contributed by atoms with E-state index in [0.29, 0.717) is 0 Å². The molecule has 2 unspecified atom stereocenters. The topological polar surface area (TPSA) is 81.1 Å². The van der Waals surface area contributed by atoms with E-state index in [1.165, 1.54) is 61.9 Å². The van der Waals surface area contributed by atoms with Crippen molar-refractivity contribution in [1.82, 2.24) is 9.80 Å². The van der Waals surface area contributed by atoms with E-state index in [4.69, 9.17) is 19.8 Å². The van der Waals surface area contributed by atoms with E-state index in [9.17, 15) is 0 Å². The fourth-order valence-corrected chi connectivity index (χ4v) is 4.20. The molecule has 1 heterocycles. The van der Waals surface area contributed by atoms with Gasteiger partial charge in [0.2, 0.25) is 0 Å². The number of nitrogens with zero attached hydrogens (tertiary/aromatic N) is 2. The lowest BCUT2D eigenvalue weighted by Crippen LogP contribution is -2.52. The van der Waals surface area contributed by atoms with Crippen molar-refractivity contribution in [2.24, 2.45) is 5.92 Å². The van der Waals surface area contributed by atoms with E-state index in [-0.39, 0.29) is 0 Å². The van der Waals surface area contributed by atoms with Crippen LogP contribution in [0.5, 0.6) is 0 Å². The maximum atomic E-state index is 9.10. The van der Waals surface area contributed by atoms with Gasteiger partial charge in [0, 0.05) is 43.2 Å². The molecule has 1 saturated heterocycles. The number of piperazine rings is 1. The number of carboxylic acid groups (broad SMARTS) is 2. The van der Waals surface area contributed by atoms with Gasteiger partial charge < -0.3 is 10.2 Å².